The Bertz CT molecular complexity index is 833. The number of hydrogen-bond acceptors (Lipinski definition) is 3. The number of aromatic amines is 2. The first-order valence-corrected chi connectivity index (χ1v) is 5.43. The van der Waals surface area contributed by atoms with Gasteiger partial charge in [-0.3, -0.25) is 9.59 Å². The van der Waals surface area contributed by atoms with Crippen LogP contribution in [0.3, 0.4) is 0 Å². The fourth-order valence-electron chi connectivity index (χ4n) is 1.82. The Balaban J connectivity index is 2.36. The highest BCUT2D eigenvalue weighted by Crippen LogP contribution is 2.11. The van der Waals surface area contributed by atoms with Crippen LogP contribution in [-0.4, -0.2) is 15.0 Å². The third kappa shape index (κ3) is 1.62. The van der Waals surface area contributed by atoms with E-state index in [4.69, 9.17) is 0 Å². The topological polar surface area (TPSA) is 78.6 Å². The molecule has 18 heavy (non-hydrogen) atoms. The molecule has 5 heteroatoms. The summed E-state index contributed by atoms with van der Waals surface area (Å²) < 4.78 is 0. The average Bonchev–Trinajstić information content (AvgIpc) is 2.39. The van der Waals surface area contributed by atoms with Crippen molar-refractivity contribution >= 4 is 10.9 Å². The lowest BCUT2D eigenvalue weighted by molar-refractivity contribution is 1.14. The van der Waals surface area contributed by atoms with Gasteiger partial charge in [0, 0.05) is 6.20 Å². The van der Waals surface area contributed by atoms with Crippen molar-refractivity contribution in [2.24, 2.45) is 0 Å². The maximum absolute atomic E-state index is 11.9. The second-order valence-corrected chi connectivity index (χ2v) is 3.84. The normalized spacial score (nSPS) is 10.7. The molecule has 3 rings (SSSR count). The molecular weight excluding hydrogens is 230 g/mol. The van der Waals surface area contributed by atoms with Crippen molar-refractivity contribution < 1.29 is 0 Å². The molecule has 0 atom stereocenters. The van der Waals surface area contributed by atoms with Crippen molar-refractivity contribution in [3.8, 4) is 11.4 Å². The van der Waals surface area contributed by atoms with Crippen LogP contribution in [0.25, 0.3) is 22.3 Å². The zero-order chi connectivity index (χ0) is 12.5. The van der Waals surface area contributed by atoms with E-state index < -0.39 is 0 Å². The summed E-state index contributed by atoms with van der Waals surface area (Å²) in [6.45, 7) is 0. The molecule has 0 amide bonds. The molecule has 0 aliphatic heterocycles. The highest BCUT2D eigenvalue weighted by Gasteiger charge is 2.07. The summed E-state index contributed by atoms with van der Waals surface area (Å²) in [6, 6.07) is 10.3. The monoisotopic (exact) mass is 239 g/mol. The number of hydrogen-bond donors (Lipinski definition) is 2. The lowest BCUT2D eigenvalue weighted by atomic mass is 10.2. The second kappa shape index (κ2) is 3.96. The Labute approximate surface area is 101 Å². The number of fused-ring (bicyclic) bond motifs is 1. The molecule has 0 radical (unpaired) electrons. The predicted octanol–water partition coefficient (Wildman–Crippen LogP) is 1.28. The van der Waals surface area contributed by atoms with E-state index in [1.54, 1.807) is 36.4 Å². The van der Waals surface area contributed by atoms with Gasteiger partial charge in [0.15, 0.2) is 0 Å². The van der Waals surface area contributed by atoms with Gasteiger partial charge in [-0.1, -0.05) is 12.1 Å². The summed E-state index contributed by atoms with van der Waals surface area (Å²) in [5.74, 6) is 0.278. The Morgan fingerprint density at radius 1 is 0.944 bits per heavy atom. The Morgan fingerprint density at radius 3 is 2.61 bits per heavy atom. The van der Waals surface area contributed by atoms with E-state index in [-0.39, 0.29) is 16.9 Å². The van der Waals surface area contributed by atoms with Gasteiger partial charge in [-0.05, 0) is 24.3 Å². The van der Waals surface area contributed by atoms with Crippen LogP contribution < -0.4 is 11.1 Å². The van der Waals surface area contributed by atoms with E-state index in [0.717, 1.165) is 0 Å². The summed E-state index contributed by atoms with van der Waals surface area (Å²) in [6.07, 6.45) is 1.53. The van der Waals surface area contributed by atoms with Gasteiger partial charge in [0.2, 0.25) is 0 Å². The largest absolute Gasteiger partial charge is 0.328 e. The Kier molecular flexibility index (Phi) is 2.30. The maximum atomic E-state index is 11.9. The molecule has 1 aromatic carbocycles. The Hall–Kier alpha value is -2.69. The smallest absolute Gasteiger partial charge is 0.259 e. The van der Waals surface area contributed by atoms with Crippen LogP contribution in [0.4, 0.5) is 0 Å². The van der Waals surface area contributed by atoms with E-state index in [1.165, 1.54) is 6.20 Å². The number of pyridine rings is 1. The van der Waals surface area contributed by atoms with Gasteiger partial charge < -0.3 is 9.97 Å². The first-order chi connectivity index (χ1) is 8.75. The molecule has 0 saturated heterocycles. The van der Waals surface area contributed by atoms with Crippen LogP contribution in [0, 0.1) is 0 Å². The van der Waals surface area contributed by atoms with Crippen molar-refractivity contribution in [1.82, 2.24) is 15.0 Å². The minimum absolute atomic E-state index is 0.251. The SMILES string of the molecule is O=c1[nH]cccc1-c1nc2ccccc2c(=O)[nH]1. The number of para-hydroxylation sites is 1. The quantitative estimate of drug-likeness (QED) is 0.671. The maximum Gasteiger partial charge on any atom is 0.259 e. The number of H-pyrrole nitrogens is 2. The predicted molar refractivity (Wildman–Crippen MR) is 68.4 cm³/mol. The van der Waals surface area contributed by atoms with E-state index in [9.17, 15) is 9.59 Å². The van der Waals surface area contributed by atoms with Crippen LogP contribution in [-0.2, 0) is 0 Å². The molecule has 0 bridgehead atoms. The third-order valence-corrected chi connectivity index (χ3v) is 2.69. The van der Waals surface area contributed by atoms with Gasteiger partial charge in [0.1, 0.15) is 5.82 Å². The molecule has 2 heterocycles. The summed E-state index contributed by atoms with van der Waals surface area (Å²) in [5.41, 5.74) is 0.384. The molecule has 0 fully saturated rings. The van der Waals surface area contributed by atoms with Gasteiger partial charge in [-0.25, -0.2) is 4.98 Å². The Morgan fingerprint density at radius 2 is 1.78 bits per heavy atom. The summed E-state index contributed by atoms with van der Waals surface area (Å²) in [7, 11) is 0. The van der Waals surface area contributed by atoms with E-state index >= 15 is 0 Å². The molecule has 0 aliphatic carbocycles. The van der Waals surface area contributed by atoms with Crippen molar-refractivity contribution in [1.29, 1.82) is 0 Å². The number of nitrogens with one attached hydrogen (secondary N) is 2. The van der Waals surface area contributed by atoms with Crippen molar-refractivity contribution in [2.45, 2.75) is 0 Å². The standard InChI is InChI=1S/C13H9N3O2/c17-12-9(5-3-7-14-12)11-15-10-6-2-1-4-8(10)13(18)16-11/h1-7H,(H,14,17)(H,15,16,18). The number of aromatic nitrogens is 3. The molecule has 0 unspecified atom stereocenters. The van der Waals surface area contributed by atoms with Gasteiger partial charge in [-0.15, -0.1) is 0 Å². The number of benzene rings is 1. The van der Waals surface area contributed by atoms with E-state index in [1.807, 2.05) is 0 Å². The third-order valence-electron chi connectivity index (χ3n) is 2.69. The van der Waals surface area contributed by atoms with Crippen LogP contribution in [0.2, 0.25) is 0 Å². The first-order valence-electron chi connectivity index (χ1n) is 5.43. The van der Waals surface area contributed by atoms with Crippen molar-refractivity contribution in [3.05, 3.63) is 63.3 Å². The van der Waals surface area contributed by atoms with E-state index in [2.05, 4.69) is 15.0 Å². The number of nitrogens with zero attached hydrogens (tertiary/aromatic N) is 1. The lowest BCUT2D eigenvalue weighted by Crippen LogP contribution is -2.14. The zero-order valence-corrected chi connectivity index (χ0v) is 9.31. The van der Waals surface area contributed by atoms with Crippen molar-refractivity contribution in [3.63, 3.8) is 0 Å². The fraction of sp³-hybridized carbons (Fsp3) is 0. The van der Waals surface area contributed by atoms with Crippen molar-refractivity contribution in [2.75, 3.05) is 0 Å². The van der Waals surface area contributed by atoms with Gasteiger partial charge >= 0.3 is 0 Å². The first kappa shape index (κ1) is 10.5. The van der Waals surface area contributed by atoms with E-state index in [0.29, 0.717) is 16.5 Å². The molecule has 5 nitrogen and oxygen atoms in total. The van der Waals surface area contributed by atoms with Crippen LogP contribution in [0.1, 0.15) is 0 Å². The molecule has 0 saturated carbocycles. The molecule has 0 spiro atoms. The van der Waals surface area contributed by atoms with Crippen LogP contribution in [0.5, 0.6) is 0 Å². The highest BCUT2D eigenvalue weighted by molar-refractivity contribution is 5.79. The average molecular weight is 239 g/mol. The zero-order valence-electron chi connectivity index (χ0n) is 9.31. The molecule has 2 N–H and O–H groups in total. The molecule has 88 valence electrons. The number of rotatable bonds is 1. The fourth-order valence-corrected chi connectivity index (χ4v) is 1.82. The minimum Gasteiger partial charge on any atom is -0.328 e. The summed E-state index contributed by atoms with van der Waals surface area (Å²) in [4.78, 5) is 33.0. The summed E-state index contributed by atoms with van der Waals surface area (Å²) in [5, 5.41) is 0.508. The van der Waals surface area contributed by atoms with Gasteiger partial charge in [-0.2, -0.15) is 0 Å². The van der Waals surface area contributed by atoms with Crippen LogP contribution >= 0.6 is 0 Å². The highest BCUT2D eigenvalue weighted by atomic mass is 16.1. The molecule has 0 aliphatic rings. The molecular formula is C13H9N3O2. The van der Waals surface area contributed by atoms with Gasteiger partial charge in [0.05, 0.1) is 16.5 Å². The van der Waals surface area contributed by atoms with Gasteiger partial charge in [0.25, 0.3) is 11.1 Å². The summed E-state index contributed by atoms with van der Waals surface area (Å²) >= 11 is 0. The molecule has 2 aromatic heterocycles. The lowest BCUT2D eigenvalue weighted by Gasteiger charge is -2.01. The molecule has 3 aromatic rings. The second-order valence-electron chi connectivity index (χ2n) is 3.84. The van der Waals surface area contributed by atoms with Crippen LogP contribution in [0.15, 0.2) is 52.2 Å². The minimum atomic E-state index is -0.282.